The largest absolute Gasteiger partial charge is 0.339 e. The van der Waals surface area contributed by atoms with Crippen LogP contribution in [-0.2, 0) is 11.2 Å². The zero-order valence-electron chi connectivity index (χ0n) is 17.3. The van der Waals surface area contributed by atoms with Crippen LogP contribution < -0.4 is 10.2 Å². The molecule has 1 amide bonds. The lowest BCUT2D eigenvalue weighted by Crippen LogP contribution is -2.56. The van der Waals surface area contributed by atoms with Gasteiger partial charge in [0.1, 0.15) is 5.54 Å². The Bertz CT molecular complexity index is 939. The number of aryl methyl sites for hydroxylation is 1. The first-order chi connectivity index (χ1) is 14.3. The smallest absolute Gasteiger partial charge is 0.247 e. The summed E-state index contributed by atoms with van der Waals surface area (Å²) in [6, 6.07) is 18.0. The molecule has 0 aromatic heterocycles. The monoisotopic (exact) mass is 423 g/mol. The van der Waals surface area contributed by atoms with Crippen molar-refractivity contribution < 1.29 is 4.79 Å². The number of hydrogen-bond donors (Lipinski definition) is 1. The van der Waals surface area contributed by atoms with Crippen LogP contribution in [0.1, 0.15) is 60.8 Å². The van der Waals surface area contributed by atoms with Gasteiger partial charge in [-0.25, -0.2) is 0 Å². The molecule has 2 heterocycles. The molecule has 2 atom stereocenters. The van der Waals surface area contributed by atoms with E-state index in [0.29, 0.717) is 12.7 Å². The molecule has 2 fully saturated rings. The Morgan fingerprint density at radius 2 is 1.80 bits per heavy atom. The molecule has 5 heteroatoms. The van der Waals surface area contributed by atoms with Gasteiger partial charge in [-0.05, 0) is 73.3 Å². The number of carbonyl (C=O) groups is 1. The lowest BCUT2D eigenvalue weighted by atomic mass is 9.84. The summed E-state index contributed by atoms with van der Waals surface area (Å²) < 4.78 is 0. The van der Waals surface area contributed by atoms with E-state index in [2.05, 4.69) is 57.6 Å². The maximum atomic E-state index is 12.9. The van der Waals surface area contributed by atoms with Crippen molar-refractivity contribution in [1.82, 2.24) is 10.2 Å². The molecule has 2 aromatic rings. The number of benzene rings is 2. The molecule has 4 nitrogen and oxygen atoms in total. The van der Waals surface area contributed by atoms with Crippen molar-refractivity contribution in [2.45, 2.75) is 56.0 Å². The van der Waals surface area contributed by atoms with Gasteiger partial charge in [-0.2, -0.15) is 0 Å². The van der Waals surface area contributed by atoms with Gasteiger partial charge < -0.3 is 10.2 Å². The van der Waals surface area contributed by atoms with E-state index >= 15 is 0 Å². The summed E-state index contributed by atoms with van der Waals surface area (Å²) in [5.41, 5.74) is 5.63. The first-order valence-corrected chi connectivity index (χ1v) is 11.2. The summed E-state index contributed by atoms with van der Waals surface area (Å²) in [5.74, 6) is 0.970. The van der Waals surface area contributed by atoms with E-state index in [1.807, 2.05) is 6.07 Å². The van der Waals surface area contributed by atoms with Gasteiger partial charge in [0.25, 0.3) is 0 Å². The third-order valence-electron chi connectivity index (χ3n) is 7.97. The van der Waals surface area contributed by atoms with E-state index in [4.69, 9.17) is 0 Å². The van der Waals surface area contributed by atoms with Crippen molar-refractivity contribution in [1.29, 1.82) is 0 Å². The number of hydrogen-bond acceptors (Lipinski definition) is 3. The molecule has 158 valence electrons. The summed E-state index contributed by atoms with van der Waals surface area (Å²) in [6.07, 6.45) is 7.02. The number of para-hydroxylation sites is 1. The zero-order valence-corrected chi connectivity index (χ0v) is 18.2. The van der Waals surface area contributed by atoms with Crippen LogP contribution in [0.25, 0.3) is 0 Å². The fraction of sp³-hybridized carbons (Fsp3) is 0.480. The summed E-state index contributed by atoms with van der Waals surface area (Å²) in [7, 11) is 0. The van der Waals surface area contributed by atoms with Gasteiger partial charge in [-0.15, -0.1) is 12.4 Å². The van der Waals surface area contributed by atoms with Crippen LogP contribution in [-0.4, -0.2) is 36.1 Å². The van der Waals surface area contributed by atoms with Gasteiger partial charge in [0, 0.05) is 24.8 Å². The predicted octanol–water partition coefficient (Wildman–Crippen LogP) is 4.40. The molecule has 1 N–H and O–H groups in total. The lowest BCUT2D eigenvalue weighted by molar-refractivity contribution is -0.125. The molecule has 2 aliphatic carbocycles. The highest BCUT2D eigenvalue weighted by Crippen LogP contribution is 2.50. The zero-order chi connectivity index (χ0) is 19.4. The van der Waals surface area contributed by atoms with E-state index in [9.17, 15) is 4.79 Å². The SMILES string of the molecule is Cl.O=C1NCN(c2ccccc2)C12CCN(C1CC3CCCc4cccc1c43)CC2. The summed E-state index contributed by atoms with van der Waals surface area (Å²) in [5, 5.41) is 3.13. The van der Waals surface area contributed by atoms with Crippen LogP contribution in [0, 0.1) is 0 Å². The van der Waals surface area contributed by atoms with E-state index < -0.39 is 0 Å². The number of piperidine rings is 1. The van der Waals surface area contributed by atoms with Crippen molar-refractivity contribution in [2.24, 2.45) is 0 Å². The molecular formula is C25H30ClN3O. The summed E-state index contributed by atoms with van der Waals surface area (Å²) in [6.45, 7) is 2.62. The number of nitrogens with zero attached hydrogens (tertiary/aromatic N) is 2. The highest BCUT2D eigenvalue weighted by Gasteiger charge is 2.51. The highest BCUT2D eigenvalue weighted by atomic mass is 35.5. The van der Waals surface area contributed by atoms with Crippen molar-refractivity contribution >= 4 is 24.0 Å². The standard InChI is InChI=1S/C25H29N3O.ClH/c29-24-25(28(17-26-24)20-9-2-1-3-10-20)12-14-27(15-13-25)22-16-19-8-4-6-18-7-5-11-21(22)23(18)19;/h1-3,5,7,9-11,19,22H,4,6,8,12-17H2,(H,26,29);1H. The molecule has 0 radical (unpaired) electrons. The van der Waals surface area contributed by atoms with Gasteiger partial charge in [0.15, 0.2) is 0 Å². The first-order valence-electron chi connectivity index (χ1n) is 11.2. The summed E-state index contributed by atoms with van der Waals surface area (Å²) in [4.78, 5) is 17.9. The Labute approximate surface area is 185 Å². The second-order valence-electron chi connectivity index (χ2n) is 9.26. The third kappa shape index (κ3) is 2.88. The number of halogens is 1. The topological polar surface area (TPSA) is 35.6 Å². The van der Waals surface area contributed by atoms with E-state index in [-0.39, 0.29) is 23.9 Å². The fourth-order valence-corrected chi connectivity index (χ4v) is 6.54. The molecule has 2 aromatic carbocycles. The van der Waals surface area contributed by atoms with Gasteiger partial charge in [0.05, 0.1) is 6.67 Å². The van der Waals surface area contributed by atoms with Crippen LogP contribution in [0.5, 0.6) is 0 Å². The Balaban J connectivity index is 0.00000193. The van der Waals surface area contributed by atoms with Crippen LogP contribution in [0.2, 0.25) is 0 Å². The van der Waals surface area contributed by atoms with Crippen LogP contribution in [0.3, 0.4) is 0 Å². The number of nitrogens with one attached hydrogen (secondary N) is 1. The van der Waals surface area contributed by atoms with Crippen LogP contribution in [0.4, 0.5) is 5.69 Å². The maximum absolute atomic E-state index is 12.9. The van der Waals surface area contributed by atoms with Crippen molar-refractivity contribution in [3.63, 3.8) is 0 Å². The van der Waals surface area contributed by atoms with E-state index in [1.165, 1.54) is 25.7 Å². The number of rotatable bonds is 2. The average molecular weight is 424 g/mol. The second kappa shape index (κ2) is 7.58. The molecular weight excluding hydrogens is 394 g/mol. The lowest BCUT2D eigenvalue weighted by Gasteiger charge is -2.45. The van der Waals surface area contributed by atoms with Crippen LogP contribution in [0.15, 0.2) is 48.5 Å². The molecule has 0 bridgehead atoms. The minimum atomic E-state index is -0.380. The quantitative estimate of drug-likeness (QED) is 0.777. The van der Waals surface area contributed by atoms with Gasteiger partial charge in [-0.1, -0.05) is 36.4 Å². The van der Waals surface area contributed by atoms with Gasteiger partial charge >= 0.3 is 0 Å². The first kappa shape index (κ1) is 19.9. The molecule has 30 heavy (non-hydrogen) atoms. The van der Waals surface area contributed by atoms with Gasteiger partial charge in [-0.3, -0.25) is 9.69 Å². The predicted molar refractivity (Wildman–Crippen MR) is 122 cm³/mol. The molecule has 2 unspecified atom stereocenters. The Hall–Kier alpha value is -2.04. The van der Waals surface area contributed by atoms with E-state index in [0.717, 1.165) is 37.5 Å². The van der Waals surface area contributed by atoms with Crippen molar-refractivity contribution in [3.8, 4) is 0 Å². The molecule has 6 rings (SSSR count). The third-order valence-corrected chi connectivity index (χ3v) is 7.97. The molecule has 2 aliphatic heterocycles. The molecule has 1 spiro atoms. The fourth-order valence-electron chi connectivity index (χ4n) is 6.54. The number of amides is 1. The number of anilines is 1. The van der Waals surface area contributed by atoms with Crippen molar-refractivity contribution in [2.75, 3.05) is 24.7 Å². The van der Waals surface area contributed by atoms with Crippen LogP contribution >= 0.6 is 12.4 Å². The minimum absolute atomic E-state index is 0. The molecule has 4 aliphatic rings. The number of likely N-dealkylation sites (tertiary alicyclic amines) is 1. The highest BCUT2D eigenvalue weighted by molar-refractivity contribution is 5.93. The Kier molecular flexibility index (Phi) is 5.03. The molecule has 0 saturated carbocycles. The Morgan fingerprint density at radius 1 is 1.00 bits per heavy atom. The normalized spacial score (nSPS) is 26.9. The maximum Gasteiger partial charge on any atom is 0.247 e. The van der Waals surface area contributed by atoms with Gasteiger partial charge in [0.2, 0.25) is 5.91 Å². The van der Waals surface area contributed by atoms with Crippen molar-refractivity contribution in [3.05, 3.63) is 65.2 Å². The average Bonchev–Trinajstić information content (AvgIpc) is 3.30. The summed E-state index contributed by atoms with van der Waals surface area (Å²) >= 11 is 0. The second-order valence-corrected chi connectivity index (χ2v) is 9.26. The Morgan fingerprint density at radius 3 is 2.60 bits per heavy atom. The number of carbonyl (C=O) groups excluding carboxylic acids is 1. The minimum Gasteiger partial charge on any atom is -0.339 e. The van der Waals surface area contributed by atoms with E-state index in [1.54, 1.807) is 16.7 Å². The molecule has 2 saturated heterocycles.